The van der Waals surface area contributed by atoms with Crippen molar-refractivity contribution in [3.8, 4) is 0 Å². The number of morpholine rings is 1. The van der Waals surface area contributed by atoms with Gasteiger partial charge in [-0.05, 0) is 41.9 Å². The highest BCUT2D eigenvalue weighted by molar-refractivity contribution is 6.30. The fourth-order valence-electron chi connectivity index (χ4n) is 5.23. The molecule has 4 aliphatic rings. The molecule has 2 N–H and O–H groups in total. The van der Waals surface area contributed by atoms with Gasteiger partial charge in [0, 0.05) is 31.4 Å². The minimum absolute atomic E-state index is 0.0730. The molecule has 3 heterocycles. The number of fused-ring (bicyclic) bond motifs is 3. The van der Waals surface area contributed by atoms with Crippen LogP contribution in [-0.4, -0.2) is 72.9 Å². The second-order valence-electron chi connectivity index (χ2n) is 9.23. The van der Waals surface area contributed by atoms with Gasteiger partial charge in [0.15, 0.2) is 5.78 Å². The lowest BCUT2D eigenvalue weighted by atomic mass is 9.83. The average Bonchev–Trinajstić information content (AvgIpc) is 2.88. The van der Waals surface area contributed by atoms with Gasteiger partial charge < -0.3 is 20.1 Å². The van der Waals surface area contributed by atoms with E-state index in [1.54, 1.807) is 4.90 Å². The number of hydrogen-bond donors (Lipinski definition) is 2. The Morgan fingerprint density at radius 1 is 1.19 bits per heavy atom. The van der Waals surface area contributed by atoms with Gasteiger partial charge in [-0.1, -0.05) is 24.3 Å². The molecule has 36 heavy (non-hydrogen) atoms. The van der Waals surface area contributed by atoms with Crippen molar-refractivity contribution in [2.24, 2.45) is 4.99 Å². The first-order valence-electron chi connectivity index (χ1n) is 12.1. The normalized spacial score (nSPS) is 21.5. The Bertz CT molecular complexity index is 1400. The molecular weight excluding hydrogens is 463 g/mol. The Morgan fingerprint density at radius 3 is 2.69 bits per heavy atom. The second-order valence-corrected chi connectivity index (χ2v) is 9.23. The number of anilines is 1. The molecule has 9 heteroatoms. The lowest BCUT2D eigenvalue weighted by Crippen LogP contribution is -2.51. The number of carbonyl (C=O) groups is 2. The predicted molar refractivity (Wildman–Crippen MR) is 134 cm³/mol. The number of nitrogens with one attached hydrogen (secondary N) is 1. The number of benzene rings is 2. The summed E-state index contributed by atoms with van der Waals surface area (Å²) in [6.45, 7) is 4.62. The number of Topliss-reactive ketones (excluding diaryl/α,β-unsaturated/α-hetero) is 1. The zero-order valence-corrected chi connectivity index (χ0v) is 19.5. The molecule has 0 saturated carbocycles. The van der Waals surface area contributed by atoms with Crippen molar-refractivity contribution in [2.45, 2.75) is 12.5 Å². The van der Waals surface area contributed by atoms with E-state index >= 15 is 4.39 Å². The van der Waals surface area contributed by atoms with E-state index in [0.29, 0.717) is 23.6 Å². The first-order chi connectivity index (χ1) is 17.5. The third-order valence-corrected chi connectivity index (χ3v) is 7.03. The number of ether oxygens (including phenoxy) is 1. The van der Waals surface area contributed by atoms with Crippen molar-refractivity contribution < 1.29 is 23.8 Å². The standard InChI is InChI=1S/C27H25FN4O4/c28-20-14-18-25-24(23(20)29-6-3-7-31-8-10-36-11-9-31)30-21-12-16-4-1-2-5-17(16)13-22(21)32(25)15-19(26(18)33)27(34)35/h1-2,4-5,12-15,25,29H,3,6-11H2,(H,34,35). The van der Waals surface area contributed by atoms with Gasteiger partial charge in [-0.15, -0.1) is 0 Å². The Morgan fingerprint density at radius 2 is 1.94 bits per heavy atom. The summed E-state index contributed by atoms with van der Waals surface area (Å²) in [6, 6.07) is 10.9. The monoisotopic (exact) mass is 488 g/mol. The second kappa shape index (κ2) is 9.00. The third kappa shape index (κ3) is 3.81. The number of rotatable bonds is 6. The van der Waals surface area contributed by atoms with E-state index in [1.165, 1.54) is 6.20 Å². The van der Waals surface area contributed by atoms with Crippen molar-refractivity contribution in [3.05, 3.63) is 71.3 Å². The zero-order valence-electron chi connectivity index (χ0n) is 19.5. The lowest BCUT2D eigenvalue weighted by Gasteiger charge is -2.42. The van der Waals surface area contributed by atoms with Gasteiger partial charge in [-0.3, -0.25) is 9.69 Å². The van der Waals surface area contributed by atoms with Crippen LogP contribution in [0.15, 0.2) is 76.3 Å². The van der Waals surface area contributed by atoms with Crippen LogP contribution in [0.5, 0.6) is 0 Å². The maximum Gasteiger partial charge on any atom is 0.341 e. The summed E-state index contributed by atoms with van der Waals surface area (Å²) in [5, 5.41) is 14.8. The number of carboxylic acid groups (broad SMARTS) is 1. The number of allylic oxidation sites excluding steroid dienone is 2. The number of carboxylic acids is 1. The Hall–Kier alpha value is -3.82. The van der Waals surface area contributed by atoms with E-state index in [-0.39, 0.29) is 11.3 Å². The number of hydrogen-bond acceptors (Lipinski definition) is 7. The molecule has 1 fully saturated rings. The molecule has 184 valence electrons. The molecule has 1 aliphatic carbocycles. The van der Waals surface area contributed by atoms with Crippen LogP contribution in [0.3, 0.4) is 0 Å². The zero-order chi connectivity index (χ0) is 24.8. The molecule has 0 radical (unpaired) electrons. The molecule has 0 amide bonds. The molecule has 0 spiro atoms. The number of aliphatic carboxylic acids is 1. The molecule has 0 bridgehead atoms. The van der Waals surface area contributed by atoms with Crippen molar-refractivity contribution in [1.82, 2.24) is 10.2 Å². The molecule has 6 rings (SSSR count). The fraction of sp³-hybridized carbons (Fsp3) is 0.296. The van der Waals surface area contributed by atoms with Gasteiger partial charge in [0.1, 0.15) is 17.4 Å². The van der Waals surface area contributed by atoms with E-state index in [1.807, 2.05) is 36.4 Å². The van der Waals surface area contributed by atoms with Crippen molar-refractivity contribution >= 4 is 39.6 Å². The number of halogens is 1. The summed E-state index contributed by atoms with van der Waals surface area (Å²) in [4.78, 5) is 33.8. The summed E-state index contributed by atoms with van der Waals surface area (Å²) >= 11 is 0. The van der Waals surface area contributed by atoms with Gasteiger partial charge in [0.2, 0.25) is 0 Å². The van der Waals surface area contributed by atoms with Crippen LogP contribution in [0.2, 0.25) is 0 Å². The summed E-state index contributed by atoms with van der Waals surface area (Å²) in [7, 11) is 0. The van der Waals surface area contributed by atoms with Crippen LogP contribution in [0.25, 0.3) is 10.8 Å². The van der Waals surface area contributed by atoms with Crippen LogP contribution in [0.4, 0.5) is 15.8 Å². The summed E-state index contributed by atoms with van der Waals surface area (Å²) < 4.78 is 20.8. The minimum atomic E-state index is -1.35. The maximum atomic E-state index is 15.4. The van der Waals surface area contributed by atoms with Crippen LogP contribution in [0.1, 0.15) is 6.42 Å². The maximum absolute atomic E-state index is 15.4. The summed E-state index contributed by atoms with van der Waals surface area (Å²) in [6.07, 6.45) is 3.32. The van der Waals surface area contributed by atoms with Crippen molar-refractivity contribution in [1.29, 1.82) is 0 Å². The van der Waals surface area contributed by atoms with Crippen molar-refractivity contribution in [2.75, 3.05) is 44.3 Å². The van der Waals surface area contributed by atoms with Gasteiger partial charge in [-0.25, -0.2) is 14.2 Å². The SMILES string of the molecule is O=C(O)C1=CN2c3cc4ccccc4cc3N=C3C(NCCCN4CCOCC4)=C(F)C=C(C1=O)C32. The molecule has 1 unspecified atom stereocenters. The van der Waals surface area contributed by atoms with Gasteiger partial charge in [0.05, 0.1) is 36.0 Å². The largest absolute Gasteiger partial charge is 0.477 e. The van der Waals surface area contributed by atoms with Gasteiger partial charge in [-0.2, -0.15) is 0 Å². The minimum Gasteiger partial charge on any atom is -0.477 e. The molecule has 1 saturated heterocycles. The van der Waals surface area contributed by atoms with E-state index < -0.39 is 29.2 Å². The number of aliphatic imine (C=N–C) groups is 1. The van der Waals surface area contributed by atoms with Crippen LogP contribution in [-0.2, 0) is 14.3 Å². The molecule has 2 aromatic carbocycles. The van der Waals surface area contributed by atoms with Crippen LogP contribution in [0, 0.1) is 0 Å². The van der Waals surface area contributed by atoms with Crippen LogP contribution < -0.4 is 10.2 Å². The van der Waals surface area contributed by atoms with Gasteiger partial charge >= 0.3 is 5.97 Å². The fourth-order valence-corrected chi connectivity index (χ4v) is 5.23. The van der Waals surface area contributed by atoms with E-state index in [9.17, 15) is 14.7 Å². The van der Waals surface area contributed by atoms with Crippen LogP contribution >= 0.6 is 0 Å². The molecule has 2 aromatic rings. The molecule has 0 aromatic heterocycles. The highest BCUT2D eigenvalue weighted by Crippen LogP contribution is 2.45. The first-order valence-corrected chi connectivity index (χ1v) is 12.1. The average molecular weight is 489 g/mol. The molecule has 3 aliphatic heterocycles. The number of nitrogens with zero attached hydrogens (tertiary/aromatic N) is 3. The van der Waals surface area contributed by atoms with E-state index in [4.69, 9.17) is 9.73 Å². The smallest absolute Gasteiger partial charge is 0.341 e. The topological polar surface area (TPSA) is 94.5 Å². The van der Waals surface area contributed by atoms with E-state index in [2.05, 4.69) is 10.2 Å². The molecule has 1 atom stereocenters. The molecule has 8 nitrogen and oxygen atoms in total. The van der Waals surface area contributed by atoms with Crippen molar-refractivity contribution in [3.63, 3.8) is 0 Å². The van der Waals surface area contributed by atoms with Gasteiger partial charge in [0.25, 0.3) is 0 Å². The lowest BCUT2D eigenvalue weighted by molar-refractivity contribution is -0.134. The quantitative estimate of drug-likeness (QED) is 0.477. The summed E-state index contributed by atoms with van der Waals surface area (Å²) in [5.74, 6) is -2.65. The highest BCUT2D eigenvalue weighted by atomic mass is 19.1. The Kier molecular flexibility index (Phi) is 5.66. The first kappa shape index (κ1) is 22.6. The number of ketones is 1. The number of carbonyl (C=O) groups excluding carboxylic acids is 1. The third-order valence-electron chi connectivity index (χ3n) is 7.03. The highest BCUT2D eigenvalue weighted by Gasteiger charge is 2.45. The van der Waals surface area contributed by atoms with E-state index in [0.717, 1.165) is 56.1 Å². The molecular formula is C27H25FN4O4. The summed E-state index contributed by atoms with van der Waals surface area (Å²) in [5.41, 5.74) is 1.57. The Balaban J connectivity index is 1.39. The Labute approximate surface area is 207 Å². The predicted octanol–water partition coefficient (Wildman–Crippen LogP) is 3.09.